The van der Waals surface area contributed by atoms with Crippen LogP contribution in [0.5, 0.6) is 0 Å². The van der Waals surface area contributed by atoms with Crippen molar-refractivity contribution in [1.82, 2.24) is 10.2 Å². The van der Waals surface area contributed by atoms with Crippen molar-refractivity contribution in [1.29, 1.82) is 0 Å². The van der Waals surface area contributed by atoms with Crippen LogP contribution in [0.1, 0.15) is 52.0 Å². The van der Waals surface area contributed by atoms with Gasteiger partial charge in [-0.3, -0.25) is 0 Å². The van der Waals surface area contributed by atoms with Crippen molar-refractivity contribution >= 4 is 6.09 Å². The summed E-state index contributed by atoms with van der Waals surface area (Å²) in [5, 5.41) is 13.1. The number of aliphatic hydroxyl groups excluding tert-OH is 1. The third kappa shape index (κ3) is 8.17. The zero-order valence-electron chi connectivity index (χ0n) is 17.7. The summed E-state index contributed by atoms with van der Waals surface area (Å²) in [5.74, 6) is 0. The van der Waals surface area contributed by atoms with Crippen LogP contribution >= 0.6 is 0 Å². The zero-order valence-corrected chi connectivity index (χ0v) is 17.7. The van der Waals surface area contributed by atoms with E-state index in [1.165, 1.54) is 5.56 Å². The number of hydrogen-bond acceptors (Lipinski definition) is 5. The molecule has 0 aromatic heterocycles. The van der Waals surface area contributed by atoms with Gasteiger partial charge in [0.1, 0.15) is 5.60 Å². The molecular weight excluding hydrogens is 356 g/mol. The lowest BCUT2D eigenvalue weighted by Crippen LogP contribution is -2.55. The van der Waals surface area contributed by atoms with E-state index in [0.717, 1.165) is 19.4 Å². The quantitative estimate of drug-likeness (QED) is 0.664. The number of aliphatic hydroxyl groups is 1. The van der Waals surface area contributed by atoms with Gasteiger partial charge in [0.2, 0.25) is 0 Å². The molecule has 1 fully saturated rings. The Hall–Kier alpha value is -1.63. The van der Waals surface area contributed by atoms with Gasteiger partial charge in [0, 0.05) is 25.2 Å². The molecule has 1 aliphatic carbocycles. The first-order chi connectivity index (χ1) is 13.2. The van der Waals surface area contributed by atoms with E-state index < -0.39 is 11.7 Å². The first-order valence-electron chi connectivity index (χ1n) is 10.2. The number of rotatable bonds is 8. The smallest absolute Gasteiger partial charge is 0.407 e. The Morgan fingerprint density at radius 2 is 1.96 bits per heavy atom. The van der Waals surface area contributed by atoms with Crippen LogP contribution in [0.2, 0.25) is 0 Å². The molecule has 158 valence electrons. The summed E-state index contributed by atoms with van der Waals surface area (Å²) in [6.45, 7) is 7.72. The number of amides is 1. The Bertz CT molecular complexity index is 588. The lowest BCUT2D eigenvalue weighted by Gasteiger charge is -2.40. The maximum Gasteiger partial charge on any atom is 0.407 e. The predicted molar refractivity (Wildman–Crippen MR) is 110 cm³/mol. The standard InChI is InChI=1S/C22H36N2O4/c1-22(2,3)28-21(26)23-19-12-11-18(25)15-20(19)24(4)13-8-14-27-16-17-9-6-5-7-10-17/h5-7,9-10,18-20,25H,8,11-16H2,1-4H3,(H,23,26). The molecule has 3 atom stereocenters. The van der Waals surface area contributed by atoms with Gasteiger partial charge >= 0.3 is 6.09 Å². The van der Waals surface area contributed by atoms with E-state index in [1.54, 1.807) is 0 Å². The first kappa shape index (κ1) is 22.7. The van der Waals surface area contributed by atoms with Gasteiger partial charge in [0.05, 0.1) is 12.7 Å². The fraction of sp³-hybridized carbons (Fsp3) is 0.682. The molecular formula is C22H36N2O4. The van der Waals surface area contributed by atoms with Gasteiger partial charge in [-0.1, -0.05) is 30.3 Å². The molecule has 0 heterocycles. The van der Waals surface area contributed by atoms with Crippen molar-refractivity contribution < 1.29 is 19.4 Å². The van der Waals surface area contributed by atoms with Gasteiger partial charge in [-0.05, 0) is 59.1 Å². The van der Waals surface area contributed by atoms with E-state index >= 15 is 0 Å². The zero-order chi connectivity index (χ0) is 20.6. The summed E-state index contributed by atoms with van der Waals surface area (Å²) < 4.78 is 11.2. The highest BCUT2D eigenvalue weighted by molar-refractivity contribution is 5.68. The van der Waals surface area contributed by atoms with Crippen molar-refractivity contribution in [3.8, 4) is 0 Å². The topological polar surface area (TPSA) is 71.0 Å². The van der Waals surface area contributed by atoms with Crippen molar-refractivity contribution in [2.24, 2.45) is 0 Å². The van der Waals surface area contributed by atoms with E-state index in [9.17, 15) is 9.90 Å². The van der Waals surface area contributed by atoms with Gasteiger partial charge in [0.25, 0.3) is 0 Å². The number of nitrogens with one attached hydrogen (secondary N) is 1. The van der Waals surface area contributed by atoms with Crippen LogP contribution in [-0.4, -0.2) is 60.1 Å². The number of carbonyl (C=O) groups excluding carboxylic acids is 1. The molecule has 1 aromatic rings. The van der Waals surface area contributed by atoms with Gasteiger partial charge in [-0.25, -0.2) is 4.79 Å². The molecule has 1 aromatic carbocycles. The molecule has 1 amide bonds. The monoisotopic (exact) mass is 392 g/mol. The third-order valence-corrected chi connectivity index (χ3v) is 4.97. The second-order valence-corrected chi connectivity index (χ2v) is 8.66. The Labute approximate surface area is 169 Å². The summed E-state index contributed by atoms with van der Waals surface area (Å²) in [4.78, 5) is 14.4. The highest BCUT2D eigenvalue weighted by Crippen LogP contribution is 2.24. The highest BCUT2D eigenvalue weighted by Gasteiger charge is 2.34. The van der Waals surface area contributed by atoms with Gasteiger partial charge in [-0.2, -0.15) is 0 Å². The molecule has 6 heteroatoms. The average Bonchev–Trinajstić information content (AvgIpc) is 2.62. The molecule has 28 heavy (non-hydrogen) atoms. The minimum absolute atomic E-state index is 0.0199. The molecule has 0 bridgehead atoms. The molecule has 0 radical (unpaired) electrons. The van der Waals surface area contributed by atoms with Crippen LogP contribution in [0, 0.1) is 0 Å². The molecule has 3 unspecified atom stereocenters. The third-order valence-electron chi connectivity index (χ3n) is 4.97. The molecule has 0 spiro atoms. The molecule has 6 nitrogen and oxygen atoms in total. The Balaban J connectivity index is 1.77. The van der Waals surface area contributed by atoms with Crippen LogP contribution in [-0.2, 0) is 16.1 Å². The summed E-state index contributed by atoms with van der Waals surface area (Å²) in [7, 11) is 2.05. The molecule has 0 saturated heterocycles. The summed E-state index contributed by atoms with van der Waals surface area (Å²) in [6.07, 6.45) is 2.29. The second kappa shape index (κ2) is 10.8. The number of benzene rings is 1. The molecule has 2 N–H and O–H groups in total. The van der Waals surface area contributed by atoms with E-state index in [4.69, 9.17) is 9.47 Å². The van der Waals surface area contributed by atoms with Crippen LogP contribution in [0.15, 0.2) is 30.3 Å². The first-order valence-corrected chi connectivity index (χ1v) is 10.2. The van der Waals surface area contributed by atoms with Crippen LogP contribution in [0.4, 0.5) is 4.79 Å². The maximum absolute atomic E-state index is 12.2. The second-order valence-electron chi connectivity index (χ2n) is 8.66. The van der Waals surface area contributed by atoms with E-state index in [1.807, 2.05) is 46.0 Å². The van der Waals surface area contributed by atoms with Gasteiger partial charge in [0.15, 0.2) is 0 Å². The average molecular weight is 393 g/mol. The highest BCUT2D eigenvalue weighted by atomic mass is 16.6. The number of ether oxygens (including phenoxy) is 2. The number of carbonyl (C=O) groups is 1. The van der Waals surface area contributed by atoms with E-state index in [-0.39, 0.29) is 18.2 Å². The summed E-state index contributed by atoms with van der Waals surface area (Å²) in [5.41, 5.74) is 0.656. The van der Waals surface area contributed by atoms with Crippen molar-refractivity contribution in [3.05, 3.63) is 35.9 Å². The van der Waals surface area contributed by atoms with Crippen molar-refractivity contribution in [2.75, 3.05) is 20.2 Å². The van der Waals surface area contributed by atoms with Crippen molar-refractivity contribution in [2.45, 2.75) is 76.9 Å². The van der Waals surface area contributed by atoms with E-state index in [2.05, 4.69) is 22.3 Å². The SMILES string of the molecule is CN(CCCOCc1ccccc1)C1CC(O)CCC1NC(=O)OC(C)(C)C. The van der Waals surface area contributed by atoms with Crippen LogP contribution < -0.4 is 5.32 Å². The lowest BCUT2D eigenvalue weighted by molar-refractivity contribution is 0.0261. The Morgan fingerprint density at radius 3 is 2.64 bits per heavy atom. The Morgan fingerprint density at radius 1 is 1.25 bits per heavy atom. The predicted octanol–water partition coefficient (Wildman–Crippen LogP) is 3.33. The van der Waals surface area contributed by atoms with Gasteiger partial charge in [-0.15, -0.1) is 0 Å². The molecule has 1 saturated carbocycles. The summed E-state index contributed by atoms with van der Waals surface area (Å²) in [6, 6.07) is 10.2. The number of nitrogens with zero attached hydrogens (tertiary/aromatic N) is 1. The van der Waals surface area contributed by atoms with Crippen LogP contribution in [0.3, 0.4) is 0 Å². The maximum atomic E-state index is 12.2. The normalized spacial score (nSPS) is 22.9. The Kier molecular flexibility index (Phi) is 8.73. The fourth-order valence-electron chi connectivity index (χ4n) is 3.59. The fourth-order valence-corrected chi connectivity index (χ4v) is 3.59. The van der Waals surface area contributed by atoms with Crippen LogP contribution in [0.25, 0.3) is 0 Å². The minimum Gasteiger partial charge on any atom is -0.444 e. The number of likely N-dealkylation sites (N-methyl/N-ethyl adjacent to an activating group) is 1. The number of hydrogen-bond donors (Lipinski definition) is 2. The molecule has 1 aliphatic rings. The van der Waals surface area contributed by atoms with E-state index in [0.29, 0.717) is 26.1 Å². The van der Waals surface area contributed by atoms with Gasteiger partial charge < -0.3 is 24.8 Å². The number of alkyl carbamates (subject to hydrolysis) is 1. The minimum atomic E-state index is -0.518. The van der Waals surface area contributed by atoms with Crippen molar-refractivity contribution in [3.63, 3.8) is 0 Å². The molecule has 0 aliphatic heterocycles. The lowest BCUT2D eigenvalue weighted by atomic mass is 9.87. The molecule has 2 rings (SSSR count). The summed E-state index contributed by atoms with van der Waals surface area (Å²) >= 11 is 0. The largest absolute Gasteiger partial charge is 0.444 e.